The molecule has 0 aliphatic carbocycles. The quantitative estimate of drug-likeness (QED) is 0.757. The molecular weight excluding hydrogens is 225 g/mol. The summed E-state index contributed by atoms with van der Waals surface area (Å²) in [5, 5.41) is 11.0. The summed E-state index contributed by atoms with van der Waals surface area (Å²) in [6.45, 7) is 6.10. The molecule has 0 N–H and O–H groups in total. The number of hydrogen-bond donors (Lipinski definition) is 0. The van der Waals surface area contributed by atoms with Crippen LogP contribution in [0.25, 0.3) is 10.8 Å². The van der Waals surface area contributed by atoms with Crippen molar-refractivity contribution in [3.63, 3.8) is 0 Å². The van der Waals surface area contributed by atoms with Crippen molar-refractivity contribution < 1.29 is 4.39 Å². The molecule has 0 unspecified atom stereocenters. The SMILES string of the molecule is CCc1c(F)ccc2cc(C#N)cc(C(C)C)c12. The summed E-state index contributed by atoms with van der Waals surface area (Å²) in [5.74, 6) is 0.115. The highest BCUT2D eigenvalue weighted by molar-refractivity contribution is 5.90. The Morgan fingerprint density at radius 3 is 2.56 bits per heavy atom. The minimum Gasteiger partial charge on any atom is -0.207 e. The fourth-order valence-electron chi connectivity index (χ4n) is 2.42. The Bertz CT molecular complexity index is 636. The molecule has 0 aliphatic heterocycles. The molecule has 0 spiro atoms. The fraction of sp³-hybridized carbons (Fsp3) is 0.312. The maximum atomic E-state index is 13.9. The Labute approximate surface area is 107 Å². The molecule has 2 aromatic rings. The predicted octanol–water partition coefficient (Wildman–Crippen LogP) is 4.54. The van der Waals surface area contributed by atoms with E-state index in [1.807, 2.05) is 19.1 Å². The maximum Gasteiger partial charge on any atom is 0.127 e. The van der Waals surface area contributed by atoms with Crippen molar-refractivity contribution in [2.24, 2.45) is 0 Å². The van der Waals surface area contributed by atoms with Crippen LogP contribution in [0.3, 0.4) is 0 Å². The van der Waals surface area contributed by atoms with Crippen LogP contribution in [-0.4, -0.2) is 0 Å². The molecule has 0 bridgehead atoms. The largest absolute Gasteiger partial charge is 0.207 e. The molecule has 2 heteroatoms. The van der Waals surface area contributed by atoms with Gasteiger partial charge < -0.3 is 0 Å². The summed E-state index contributed by atoms with van der Waals surface area (Å²) < 4.78 is 13.9. The van der Waals surface area contributed by atoms with Gasteiger partial charge in [-0.2, -0.15) is 5.26 Å². The van der Waals surface area contributed by atoms with E-state index >= 15 is 0 Å². The van der Waals surface area contributed by atoms with Gasteiger partial charge in [-0.3, -0.25) is 0 Å². The van der Waals surface area contributed by atoms with E-state index in [4.69, 9.17) is 5.26 Å². The Morgan fingerprint density at radius 1 is 1.28 bits per heavy atom. The third-order valence-corrected chi connectivity index (χ3v) is 3.30. The number of nitriles is 1. The van der Waals surface area contributed by atoms with Crippen molar-refractivity contribution in [2.45, 2.75) is 33.1 Å². The minimum atomic E-state index is -0.156. The van der Waals surface area contributed by atoms with Crippen molar-refractivity contribution in [3.8, 4) is 6.07 Å². The highest BCUT2D eigenvalue weighted by atomic mass is 19.1. The third kappa shape index (κ3) is 1.97. The molecule has 0 aliphatic rings. The van der Waals surface area contributed by atoms with E-state index in [1.165, 1.54) is 6.07 Å². The van der Waals surface area contributed by atoms with Gasteiger partial charge in [0, 0.05) is 0 Å². The van der Waals surface area contributed by atoms with Crippen LogP contribution >= 0.6 is 0 Å². The van der Waals surface area contributed by atoms with E-state index in [0.29, 0.717) is 12.0 Å². The number of fused-ring (bicyclic) bond motifs is 1. The van der Waals surface area contributed by atoms with Gasteiger partial charge in [0.25, 0.3) is 0 Å². The van der Waals surface area contributed by atoms with Gasteiger partial charge in [0.15, 0.2) is 0 Å². The molecule has 2 aromatic carbocycles. The molecular formula is C16H16FN. The lowest BCUT2D eigenvalue weighted by molar-refractivity contribution is 0.614. The van der Waals surface area contributed by atoms with Crippen LogP contribution in [0.1, 0.15) is 43.4 Å². The Morgan fingerprint density at radius 2 is 2.00 bits per heavy atom. The highest BCUT2D eigenvalue weighted by Gasteiger charge is 2.13. The highest BCUT2D eigenvalue weighted by Crippen LogP contribution is 2.31. The van der Waals surface area contributed by atoms with E-state index in [9.17, 15) is 4.39 Å². The topological polar surface area (TPSA) is 23.8 Å². The molecule has 0 saturated heterocycles. The lowest BCUT2D eigenvalue weighted by atomic mass is 9.90. The van der Waals surface area contributed by atoms with Gasteiger partial charge in [0.2, 0.25) is 0 Å². The summed E-state index contributed by atoms with van der Waals surface area (Å²) in [6.07, 6.45) is 0.662. The molecule has 92 valence electrons. The van der Waals surface area contributed by atoms with Crippen molar-refractivity contribution in [3.05, 3.63) is 46.8 Å². The molecule has 18 heavy (non-hydrogen) atoms. The minimum absolute atomic E-state index is 0.156. The molecule has 0 aromatic heterocycles. The van der Waals surface area contributed by atoms with E-state index in [0.717, 1.165) is 21.9 Å². The average Bonchev–Trinajstić information content (AvgIpc) is 2.37. The summed E-state index contributed by atoms with van der Waals surface area (Å²) in [6, 6.07) is 9.14. The number of benzene rings is 2. The molecule has 0 saturated carbocycles. The predicted molar refractivity (Wildman–Crippen MR) is 72.1 cm³/mol. The molecule has 1 nitrogen and oxygen atoms in total. The monoisotopic (exact) mass is 241 g/mol. The molecule has 0 fully saturated rings. The number of aryl methyl sites for hydroxylation is 1. The first kappa shape index (κ1) is 12.6. The molecule has 0 heterocycles. The van der Waals surface area contributed by atoms with Crippen LogP contribution in [0.15, 0.2) is 24.3 Å². The van der Waals surface area contributed by atoms with Gasteiger partial charge in [0.05, 0.1) is 11.6 Å². The zero-order valence-corrected chi connectivity index (χ0v) is 10.9. The molecule has 0 radical (unpaired) electrons. The first-order chi connectivity index (χ1) is 8.58. The summed E-state index contributed by atoms with van der Waals surface area (Å²) >= 11 is 0. The second-order valence-corrected chi connectivity index (χ2v) is 4.81. The standard InChI is InChI=1S/C16H16FN/c1-4-13-15(17)6-5-12-7-11(9-18)8-14(10(2)3)16(12)13/h5-8,10H,4H2,1-3H3. The van der Waals surface area contributed by atoms with Gasteiger partial charge in [0.1, 0.15) is 5.82 Å². The van der Waals surface area contributed by atoms with Crippen LogP contribution in [0, 0.1) is 17.1 Å². The molecule has 0 atom stereocenters. The zero-order valence-electron chi connectivity index (χ0n) is 10.9. The van der Waals surface area contributed by atoms with Crippen molar-refractivity contribution in [1.82, 2.24) is 0 Å². The van der Waals surface area contributed by atoms with Crippen LogP contribution in [-0.2, 0) is 6.42 Å². The Hall–Kier alpha value is -1.88. The lowest BCUT2D eigenvalue weighted by Crippen LogP contribution is -1.98. The van der Waals surface area contributed by atoms with Crippen LogP contribution in [0.5, 0.6) is 0 Å². The van der Waals surface area contributed by atoms with Crippen molar-refractivity contribution in [1.29, 1.82) is 5.26 Å². The Balaban J connectivity index is 2.93. The van der Waals surface area contributed by atoms with Gasteiger partial charge in [-0.15, -0.1) is 0 Å². The summed E-state index contributed by atoms with van der Waals surface area (Å²) in [5.41, 5.74) is 2.45. The normalized spacial score (nSPS) is 10.9. The van der Waals surface area contributed by atoms with E-state index in [1.54, 1.807) is 6.07 Å². The number of halogens is 1. The van der Waals surface area contributed by atoms with E-state index in [2.05, 4.69) is 19.9 Å². The van der Waals surface area contributed by atoms with Gasteiger partial charge in [-0.25, -0.2) is 4.39 Å². The second kappa shape index (κ2) is 4.78. The average molecular weight is 241 g/mol. The van der Waals surface area contributed by atoms with E-state index < -0.39 is 0 Å². The zero-order chi connectivity index (χ0) is 13.3. The van der Waals surface area contributed by atoms with Crippen molar-refractivity contribution in [2.75, 3.05) is 0 Å². The van der Waals surface area contributed by atoms with Crippen LogP contribution in [0.4, 0.5) is 4.39 Å². The van der Waals surface area contributed by atoms with Crippen molar-refractivity contribution >= 4 is 10.8 Å². The first-order valence-corrected chi connectivity index (χ1v) is 6.23. The first-order valence-electron chi connectivity index (χ1n) is 6.23. The molecule has 0 amide bonds. The summed E-state index contributed by atoms with van der Waals surface area (Å²) in [7, 11) is 0. The molecule has 2 rings (SSSR count). The number of nitrogens with zero attached hydrogens (tertiary/aromatic N) is 1. The summed E-state index contributed by atoms with van der Waals surface area (Å²) in [4.78, 5) is 0. The third-order valence-electron chi connectivity index (χ3n) is 3.30. The van der Waals surface area contributed by atoms with Gasteiger partial charge in [-0.1, -0.05) is 26.8 Å². The number of hydrogen-bond acceptors (Lipinski definition) is 1. The van der Waals surface area contributed by atoms with Crippen LogP contribution < -0.4 is 0 Å². The van der Waals surface area contributed by atoms with Gasteiger partial charge >= 0.3 is 0 Å². The Kier molecular flexibility index (Phi) is 3.34. The van der Waals surface area contributed by atoms with Crippen LogP contribution in [0.2, 0.25) is 0 Å². The van der Waals surface area contributed by atoms with E-state index in [-0.39, 0.29) is 11.7 Å². The maximum absolute atomic E-state index is 13.9. The second-order valence-electron chi connectivity index (χ2n) is 4.81. The fourth-order valence-corrected chi connectivity index (χ4v) is 2.42. The van der Waals surface area contributed by atoms with Gasteiger partial charge in [-0.05, 0) is 52.4 Å². The smallest absolute Gasteiger partial charge is 0.127 e. The lowest BCUT2D eigenvalue weighted by Gasteiger charge is -2.15. The number of rotatable bonds is 2.